The van der Waals surface area contributed by atoms with Crippen molar-refractivity contribution in [1.82, 2.24) is 20.9 Å². The Balaban J connectivity index is 1.88. The third-order valence-electron chi connectivity index (χ3n) is 5.19. The maximum atomic E-state index is 12.0. The lowest BCUT2D eigenvalue weighted by molar-refractivity contribution is -0.128. The lowest BCUT2D eigenvalue weighted by Gasteiger charge is -2.25. The highest BCUT2D eigenvalue weighted by atomic mass is 16.5. The second kappa shape index (κ2) is 10.3. The molecule has 1 atom stereocenters. The Labute approximate surface area is 174 Å². The Morgan fingerprint density at radius 2 is 1.90 bits per heavy atom. The SMILES string of the molecule is CN=C(NCC(C)(C)C(=O)NC)NC1CCN(Cc2cc(OC)cc(OC)c2)C1. The topological polar surface area (TPSA) is 87.2 Å². The van der Waals surface area contributed by atoms with Crippen molar-refractivity contribution in [2.24, 2.45) is 10.4 Å². The summed E-state index contributed by atoms with van der Waals surface area (Å²) in [6.45, 7) is 7.07. The molecule has 0 aliphatic carbocycles. The van der Waals surface area contributed by atoms with Gasteiger partial charge in [0.15, 0.2) is 5.96 Å². The van der Waals surface area contributed by atoms with E-state index in [4.69, 9.17) is 9.47 Å². The van der Waals surface area contributed by atoms with Crippen molar-refractivity contribution >= 4 is 11.9 Å². The highest BCUT2D eigenvalue weighted by Crippen LogP contribution is 2.24. The van der Waals surface area contributed by atoms with Gasteiger partial charge in [0.05, 0.1) is 19.6 Å². The zero-order chi connectivity index (χ0) is 21.4. The molecular weight excluding hydrogens is 370 g/mol. The number of hydrogen-bond acceptors (Lipinski definition) is 5. The van der Waals surface area contributed by atoms with Gasteiger partial charge in [0.1, 0.15) is 11.5 Å². The first-order valence-corrected chi connectivity index (χ1v) is 9.95. The maximum absolute atomic E-state index is 12.0. The Hall–Kier alpha value is -2.48. The van der Waals surface area contributed by atoms with Crippen molar-refractivity contribution in [1.29, 1.82) is 0 Å². The zero-order valence-corrected chi connectivity index (χ0v) is 18.5. The predicted octanol–water partition coefficient (Wildman–Crippen LogP) is 1.22. The molecule has 2 rings (SSSR count). The molecule has 1 aromatic rings. The molecule has 1 aromatic carbocycles. The number of likely N-dealkylation sites (tertiary alicyclic amines) is 1. The van der Waals surface area contributed by atoms with Crippen molar-refractivity contribution in [3.05, 3.63) is 23.8 Å². The van der Waals surface area contributed by atoms with Crippen molar-refractivity contribution in [3.8, 4) is 11.5 Å². The van der Waals surface area contributed by atoms with Crippen LogP contribution >= 0.6 is 0 Å². The van der Waals surface area contributed by atoms with Crippen molar-refractivity contribution in [3.63, 3.8) is 0 Å². The van der Waals surface area contributed by atoms with Gasteiger partial charge in [-0.1, -0.05) is 0 Å². The van der Waals surface area contributed by atoms with E-state index in [0.717, 1.165) is 49.1 Å². The van der Waals surface area contributed by atoms with Crippen LogP contribution in [0.4, 0.5) is 0 Å². The number of nitrogens with zero attached hydrogens (tertiary/aromatic N) is 2. The largest absolute Gasteiger partial charge is 0.497 e. The molecule has 0 saturated carbocycles. The van der Waals surface area contributed by atoms with Gasteiger partial charge in [-0.2, -0.15) is 0 Å². The van der Waals surface area contributed by atoms with E-state index in [1.54, 1.807) is 28.3 Å². The summed E-state index contributed by atoms with van der Waals surface area (Å²) in [7, 11) is 6.73. The summed E-state index contributed by atoms with van der Waals surface area (Å²) in [5, 5.41) is 9.45. The van der Waals surface area contributed by atoms with Crippen LogP contribution in [0.2, 0.25) is 0 Å². The van der Waals surface area contributed by atoms with Crippen LogP contribution in [0.5, 0.6) is 11.5 Å². The fraction of sp³-hybridized carbons (Fsp3) is 0.619. The van der Waals surface area contributed by atoms with E-state index >= 15 is 0 Å². The fourth-order valence-electron chi connectivity index (χ4n) is 3.42. The van der Waals surface area contributed by atoms with Gasteiger partial charge in [-0.3, -0.25) is 14.7 Å². The van der Waals surface area contributed by atoms with E-state index < -0.39 is 5.41 Å². The Kier molecular flexibility index (Phi) is 8.13. The molecule has 3 N–H and O–H groups in total. The second-order valence-electron chi connectivity index (χ2n) is 7.97. The normalized spacial score (nSPS) is 17.7. The van der Waals surface area contributed by atoms with E-state index in [1.807, 2.05) is 32.0 Å². The summed E-state index contributed by atoms with van der Waals surface area (Å²) in [5.74, 6) is 2.33. The van der Waals surface area contributed by atoms with Gasteiger partial charge in [-0.15, -0.1) is 0 Å². The highest BCUT2D eigenvalue weighted by molar-refractivity contribution is 5.84. The molecule has 8 heteroatoms. The number of rotatable bonds is 8. The van der Waals surface area contributed by atoms with Gasteiger partial charge in [0.25, 0.3) is 0 Å². The molecule has 1 aliphatic rings. The lowest BCUT2D eigenvalue weighted by atomic mass is 9.92. The fourth-order valence-corrected chi connectivity index (χ4v) is 3.42. The number of carbonyl (C=O) groups excluding carboxylic acids is 1. The molecule has 1 saturated heterocycles. The number of aliphatic imine (C=N–C) groups is 1. The average molecular weight is 406 g/mol. The summed E-state index contributed by atoms with van der Waals surface area (Å²) < 4.78 is 10.7. The molecule has 29 heavy (non-hydrogen) atoms. The number of ether oxygens (including phenoxy) is 2. The second-order valence-corrected chi connectivity index (χ2v) is 7.97. The van der Waals surface area contributed by atoms with Crippen LogP contribution < -0.4 is 25.4 Å². The summed E-state index contributed by atoms with van der Waals surface area (Å²) in [5.41, 5.74) is 0.649. The quantitative estimate of drug-likeness (QED) is 0.445. The van der Waals surface area contributed by atoms with Gasteiger partial charge in [0.2, 0.25) is 5.91 Å². The van der Waals surface area contributed by atoms with Crippen molar-refractivity contribution < 1.29 is 14.3 Å². The highest BCUT2D eigenvalue weighted by Gasteiger charge is 2.28. The number of carbonyl (C=O) groups is 1. The standard InChI is InChI=1S/C21H35N5O3/c1-21(2,19(27)22-3)14-24-20(23-4)25-16-7-8-26(13-16)12-15-9-17(28-5)11-18(10-15)29-6/h9-11,16H,7-8,12-14H2,1-6H3,(H,22,27)(H2,23,24,25). The molecular formula is C21H35N5O3. The number of hydrogen-bond donors (Lipinski definition) is 3. The van der Waals surface area contributed by atoms with Crippen LogP contribution in [0, 0.1) is 5.41 Å². The Morgan fingerprint density at radius 1 is 1.24 bits per heavy atom. The summed E-state index contributed by atoms with van der Waals surface area (Å²) in [6.07, 6.45) is 1.03. The molecule has 1 unspecified atom stereocenters. The molecule has 162 valence electrons. The van der Waals surface area contributed by atoms with Crippen molar-refractivity contribution in [2.75, 3.05) is 47.9 Å². The summed E-state index contributed by atoms with van der Waals surface area (Å²) >= 11 is 0. The lowest BCUT2D eigenvalue weighted by Crippen LogP contribution is -2.49. The van der Waals surface area contributed by atoms with Gasteiger partial charge < -0.3 is 25.4 Å². The van der Waals surface area contributed by atoms with Crippen LogP contribution in [0.15, 0.2) is 23.2 Å². The van der Waals surface area contributed by atoms with Crippen LogP contribution in [-0.4, -0.2) is 70.8 Å². The predicted molar refractivity (Wildman–Crippen MR) is 116 cm³/mol. The third kappa shape index (κ3) is 6.52. The number of benzene rings is 1. The van der Waals surface area contributed by atoms with Crippen LogP contribution in [0.25, 0.3) is 0 Å². The zero-order valence-electron chi connectivity index (χ0n) is 18.5. The van der Waals surface area contributed by atoms with Gasteiger partial charge in [-0.25, -0.2) is 0 Å². The van der Waals surface area contributed by atoms with E-state index in [9.17, 15) is 4.79 Å². The van der Waals surface area contributed by atoms with Crippen LogP contribution in [0.1, 0.15) is 25.8 Å². The molecule has 0 bridgehead atoms. The number of nitrogens with one attached hydrogen (secondary N) is 3. The van der Waals surface area contributed by atoms with Gasteiger partial charge >= 0.3 is 0 Å². The Morgan fingerprint density at radius 3 is 2.45 bits per heavy atom. The minimum atomic E-state index is -0.514. The molecule has 1 aliphatic heterocycles. The molecule has 1 fully saturated rings. The number of amides is 1. The molecule has 0 spiro atoms. The smallest absolute Gasteiger partial charge is 0.227 e. The van der Waals surface area contributed by atoms with Crippen LogP contribution in [0.3, 0.4) is 0 Å². The van der Waals surface area contributed by atoms with E-state index in [2.05, 4.69) is 25.8 Å². The molecule has 0 radical (unpaired) electrons. The minimum Gasteiger partial charge on any atom is -0.497 e. The third-order valence-corrected chi connectivity index (χ3v) is 5.19. The summed E-state index contributed by atoms with van der Waals surface area (Å²) in [4.78, 5) is 18.7. The van der Waals surface area contributed by atoms with Gasteiger partial charge in [-0.05, 0) is 38.0 Å². The van der Waals surface area contributed by atoms with Crippen molar-refractivity contribution in [2.45, 2.75) is 32.9 Å². The van der Waals surface area contributed by atoms with Gasteiger partial charge in [0, 0.05) is 52.4 Å². The van der Waals surface area contributed by atoms with Crippen LogP contribution in [-0.2, 0) is 11.3 Å². The van der Waals surface area contributed by atoms with E-state index in [1.165, 1.54) is 0 Å². The monoisotopic (exact) mass is 405 g/mol. The van der Waals surface area contributed by atoms with E-state index in [0.29, 0.717) is 12.6 Å². The average Bonchev–Trinajstić information content (AvgIpc) is 3.16. The first kappa shape index (κ1) is 22.8. The maximum Gasteiger partial charge on any atom is 0.227 e. The summed E-state index contributed by atoms with van der Waals surface area (Å²) in [6, 6.07) is 6.28. The minimum absolute atomic E-state index is 0.00112. The molecule has 1 heterocycles. The first-order valence-electron chi connectivity index (χ1n) is 9.95. The van der Waals surface area contributed by atoms with E-state index in [-0.39, 0.29) is 5.91 Å². The number of methoxy groups -OCH3 is 2. The molecule has 8 nitrogen and oxygen atoms in total. The molecule has 0 aromatic heterocycles. The Bertz CT molecular complexity index is 698. The first-order chi connectivity index (χ1) is 13.8. The molecule has 1 amide bonds. The number of guanidine groups is 1.